The monoisotopic (exact) mass is 290 g/mol. The lowest BCUT2D eigenvalue weighted by molar-refractivity contribution is -0.123. The number of carbonyl (C=O) groups is 1. The lowest BCUT2D eigenvalue weighted by atomic mass is 9.76. The lowest BCUT2D eigenvalue weighted by Crippen LogP contribution is -2.43. The van der Waals surface area contributed by atoms with Crippen LogP contribution in [0.15, 0.2) is 24.3 Å². The van der Waals surface area contributed by atoms with Crippen LogP contribution in [-0.2, 0) is 4.79 Å². The molecular formula is C17H26N2O2. The fraction of sp³-hybridized carbons (Fsp3) is 0.588. The van der Waals surface area contributed by atoms with Crippen molar-refractivity contribution in [3.8, 4) is 5.75 Å². The number of rotatable bonds is 7. The van der Waals surface area contributed by atoms with Crippen molar-refractivity contribution in [2.24, 2.45) is 5.92 Å². The van der Waals surface area contributed by atoms with Gasteiger partial charge in [0.25, 0.3) is 0 Å². The maximum Gasteiger partial charge on any atom is 0.222 e. The fourth-order valence-corrected chi connectivity index (χ4v) is 2.62. The summed E-state index contributed by atoms with van der Waals surface area (Å²) in [5, 5.41) is 6.42. The van der Waals surface area contributed by atoms with Gasteiger partial charge in [-0.25, -0.2) is 0 Å². The molecule has 1 saturated carbocycles. The Morgan fingerprint density at radius 2 is 2.10 bits per heavy atom. The van der Waals surface area contributed by atoms with E-state index in [0.717, 1.165) is 25.1 Å². The third kappa shape index (κ3) is 4.46. The summed E-state index contributed by atoms with van der Waals surface area (Å²) >= 11 is 0. The maximum atomic E-state index is 11.4. The largest absolute Gasteiger partial charge is 0.497 e. The summed E-state index contributed by atoms with van der Waals surface area (Å²) in [6, 6.07) is 8.90. The van der Waals surface area contributed by atoms with Crippen molar-refractivity contribution in [2.45, 2.75) is 38.6 Å². The number of hydrogen-bond donors (Lipinski definition) is 2. The topological polar surface area (TPSA) is 50.4 Å². The molecule has 4 heteroatoms. The zero-order chi connectivity index (χ0) is 15.2. The smallest absolute Gasteiger partial charge is 0.222 e. The Bertz CT molecular complexity index is 468. The van der Waals surface area contributed by atoms with Gasteiger partial charge in [-0.2, -0.15) is 0 Å². The molecule has 1 aromatic carbocycles. The van der Waals surface area contributed by atoms with Crippen LogP contribution in [0.2, 0.25) is 0 Å². The summed E-state index contributed by atoms with van der Waals surface area (Å²) in [6.45, 7) is 5.37. The number of ether oxygens (including phenoxy) is 1. The zero-order valence-corrected chi connectivity index (χ0v) is 13.2. The first-order valence-corrected chi connectivity index (χ1v) is 7.75. The van der Waals surface area contributed by atoms with Crippen molar-refractivity contribution in [1.29, 1.82) is 0 Å². The van der Waals surface area contributed by atoms with Gasteiger partial charge in [-0.05, 0) is 36.5 Å². The molecule has 0 spiro atoms. The van der Waals surface area contributed by atoms with Crippen LogP contribution in [-0.4, -0.2) is 32.1 Å². The standard InChI is InChI=1S/C17H26N2O2/c1-12(2)17(20)19-8-7-18-15-9-14(10-15)13-5-4-6-16(11-13)21-3/h4-6,11-12,14-15,18H,7-10H2,1-3H3,(H,19,20). The number of nitrogens with one attached hydrogen (secondary N) is 2. The van der Waals surface area contributed by atoms with E-state index in [1.54, 1.807) is 7.11 Å². The summed E-state index contributed by atoms with van der Waals surface area (Å²) in [5.41, 5.74) is 1.36. The molecule has 1 aliphatic rings. The van der Waals surface area contributed by atoms with Crippen LogP contribution in [0.1, 0.15) is 38.2 Å². The number of benzene rings is 1. The Hall–Kier alpha value is -1.55. The van der Waals surface area contributed by atoms with E-state index in [0.29, 0.717) is 18.5 Å². The van der Waals surface area contributed by atoms with Crippen molar-refractivity contribution in [2.75, 3.05) is 20.2 Å². The van der Waals surface area contributed by atoms with Crippen molar-refractivity contribution < 1.29 is 9.53 Å². The average molecular weight is 290 g/mol. The zero-order valence-electron chi connectivity index (χ0n) is 13.2. The second-order valence-electron chi connectivity index (χ2n) is 6.04. The van der Waals surface area contributed by atoms with Crippen LogP contribution in [0.25, 0.3) is 0 Å². The summed E-state index contributed by atoms with van der Waals surface area (Å²) in [6.07, 6.45) is 2.32. The van der Waals surface area contributed by atoms with Crippen LogP contribution >= 0.6 is 0 Å². The second kappa shape index (κ2) is 7.46. The van der Waals surface area contributed by atoms with Gasteiger partial charge < -0.3 is 15.4 Å². The molecule has 0 aromatic heterocycles. The van der Waals surface area contributed by atoms with Gasteiger partial charge in [-0.3, -0.25) is 4.79 Å². The van der Waals surface area contributed by atoms with Gasteiger partial charge in [0.2, 0.25) is 5.91 Å². The third-order valence-electron chi connectivity index (χ3n) is 4.08. The molecule has 4 nitrogen and oxygen atoms in total. The van der Waals surface area contributed by atoms with Crippen LogP contribution in [0.3, 0.4) is 0 Å². The number of hydrogen-bond acceptors (Lipinski definition) is 3. The molecule has 0 bridgehead atoms. The Balaban J connectivity index is 1.64. The molecule has 0 unspecified atom stereocenters. The summed E-state index contributed by atoms with van der Waals surface area (Å²) in [5.74, 6) is 1.74. The van der Waals surface area contributed by atoms with Gasteiger partial charge >= 0.3 is 0 Å². The van der Waals surface area contributed by atoms with Crippen LogP contribution < -0.4 is 15.4 Å². The molecule has 0 aliphatic heterocycles. The minimum absolute atomic E-state index is 0.0612. The molecule has 1 amide bonds. The van der Waals surface area contributed by atoms with Gasteiger partial charge in [0.1, 0.15) is 5.75 Å². The Morgan fingerprint density at radius 1 is 1.33 bits per heavy atom. The molecule has 0 heterocycles. The van der Waals surface area contributed by atoms with E-state index in [-0.39, 0.29) is 11.8 Å². The van der Waals surface area contributed by atoms with Crippen LogP contribution in [0, 0.1) is 5.92 Å². The first-order valence-electron chi connectivity index (χ1n) is 7.75. The minimum Gasteiger partial charge on any atom is -0.497 e. The molecular weight excluding hydrogens is 264 g/mol. The van der Waals surface area contributed by atoms with Crippen molar-refractivity contribution in [3.05, 3.63) is 29.8 Å². The molecule has 1 fully saturated rings. The van der Waals surface area contributed by atoms with Gasteiger partial charge in [0.05, 0.1) is 7.11 Å². The fourth-order valence-electron chi connectivity index (χ4n) is 2.62. The highest BCUT2D eigenvalue weighted by molar-refractivity contribution is 5.77. The SMILES string of the molecule is COc1cccc(C2CC(NCCNC(=O)C(C)C)C2)c1. The van der Waals surface area contributed by atoms with Crippen molar-refractivity contribution >= 4 is 5.91 Å². The molecule has 0 atom stereocenters. The minimum atomic E-state index is 0.0612. The molecule has 0 radical (unpaired) electrons. The van der Waals surface area contributed by atoms with Crippen LogP contribution in [0.5, 0.6) is 5.75 Å². The number of carbonyl (C=O) groups excluding carboxylic acids is 1. The number of methoxy groups -OCH3 is 1. The van der Waals surface area contributed by atoms with Gasteiger partial charge in [-0.15, -0.1) is 0 Å². The Labute approximate surface area is 127 Å². The maximum absolute atomic E-state index is 11.4. The first kappa shape index (κ1) is 15.8. The highest BCUT2D eigenvalue weighted by Gasteiger charge is 2.29. The van der Waals surface area contributed by atoms with E-state index in [1.165, 1.54) is 5.56 Å². The Kier molecular flexibility index (Phi) is 5.62. The van der Waals surface area contributed by atoms with E-state index >= 15 is 0 Å². The summed E-state index contributed by atoms with van der Waals surface area (Å²) < 4.78 is 5.27. The van der Waals surface area contributed by atoms with Crippen molar-refractivity contribution in [1.82, 2.24) is 10.6 Å². The van der Waals surface area contributed by atoms with Gasteiger partial charge in [-0.1, -0.05) is 26.0 Å². The van der Waals surface area contributed by atoms with Crippen molar-refractivity contribution in [3.63, 3.8) is 0 Å². The second-order valence-corrected chi connectivity index (χ2v) is 6.04. The molecule has 2 N–H and O–H groups in total. The van der Waals surface area contributed by atoms with Gasteiger partial charge in [0.15, 0.2) is 0 Å². The van der Waals surface area contributed by atoms with E-state index < -0.39 is 0 Å². The molecule has 21 heavy (non-hydrogen) atoms. The molecule has 116 valence electrons. The normalized spacial score (nSPS) is 21.0. The summed E-state index contributed by atoms with van der Waals surface area (Å²) in [4.78, 5) is 11.4. The first-order chi connectivity index (χ1) is 10.1. The third-order valence-corrected chi connectivity index (χ3v) is 4.08. The van der Waals surface area contributed by atoms with E-state index in [2.05, 4.69) is 28.8 Å². The highest BCUT2D eigenvalue weighted by atomic mass is 16.5. The van der Waals surface area contributed by atoms with E-state index in [1.807, 2.05) is 19.9 Å². The molecule has 1 aliphatic carbocycles. The number of amides is 1. The highest BCUT2D eigenvalue weighted by Crippen LogP contribution is 2.37. The van der Waals surface area contributed by atoms with Gasteiger partial charge in [0, 0.05) is 25.0 Å². The molecule has 0 saturated heterocycles. The van der Waals surface area contributed by atoms with E-state index in [9.17, 15) is 4.79 Å². The van der Waals surface area contributed by atoms with Crippen LogP contribution in [0.4, 0.5) is 0 Å². The lowest BCUT2D eigenvalue weighted by Gasteiger charge is -2.36. The predicted octanol–water partition coefficient (Wildman–Crippen LogP) is 2.30. The predicted molar refractivity (Wildman–Crippen MR) is 84.6 cm³/mol. The molecule has 2 rings (SSSR count). The summed E-state index contributed by atoms with van der Waals surface area (Å²) in [7, 11) is 1.70. The average Bonchev–Trinajstić information content (AvgIpc) is 2.44. The quantitative estimate of drug-likeness (QED) is 0.758. The van der Waals surface area contributed by atoms with E-state index in [4.69, 9.17) is 4.74 Å². The molecule has 1 aromatic rings. The Morgan fingerprint density at radius 3 is 2.76 bits per heavy atom.